The van der Waals surface area contributed by atoms with Gasteiger partial charge < -0.3 is 4.90 Å². The Morgan fingerprint density at radius 1 is 1.12 bits per heavy atom. The second-order valence-corrected chi connectivity index (χ2v) is 7.42. The van der Waals surface area contributed by atoms with Gasteiger partial charge in [0.25, 0.3) is 0 Å². The molecule has 2 aliphatic rings. The number of aromatic amines is 1. The highest BCUT2D eigenvalue weighted by atomic mass is 15.2. The van der Waals surface area contributed by atoms with E-state index >= 15 is 0 Å². The van der Waals surface area contributed by atoms with Gasteiger partial charge in [0.15, 0.2) is 0 Å². The zero-order chi connectivity index (χ0) is 17.5. The van der Waals surface area contributed by atoms with Crippen LogP contribution >= 0.6 is 0 Å². The van der Waals surface area contributed by atoms with Gasteiger partial charge in [0.05, 0.1) is 11.4 Å². The molecule has 1 saturated heterocycles. The largest absolute Gasteiger partial charge is 0.304 e. The van der Waals surface area contributed by atoms with Crippen LogP contribution in [0.25, 0.3) is 22.5 Å². The Hall–Kier alpha value is -2.50. The average molecular weight is 345 g/mol. The minimum Gasteiger partial charge on any atom is -0.304 e. The van der Waals surface area contributed by atoms with Crippen LogP contribution in [0.4, 0.5) is 0 Å². The van der Waals surface area contributed by atoms with Crippen LogP contribution in [0.15, 0.2) is 42.7 Å². The van der Waals surface area contributed by atoms with Crippen molar-refractivity contribution >= 4 is 0 Å². The van der Waals surface area contributed by atoms with Crippen LogP contribution in [0.3, 0.4) is 0 Å². The summed E-state index contributed by atoms with van der Waals surface area (Å²) >= 11 is 0. The lowest BCUT2D eigenvalue weighted by Gasteiger charge is -2.32. The average Bonchev–Trinajstić information content (AvgIpc) is 3.23. The Morgan fingerprint density at radius 3 is 2.81 bits per heavy atom. The van der Waals surface area contributed by atoms with E-state index in [2.05, 4.69) is 56.3 Å². The predicted molar refractivity (Wildman–Crippen MR) is 103 cm³/mol. The van der Waals surface area contributed by atoms with Crippen LogP contribution in [0.2, 0.25) is 0 Å². The molecule has 3 aromatic rings. The summed E-state index contributed by atoms with van der Waals surface area (Å²) in [6.07, 6.45) is 4.63. The number of pyridine rings is 1. The fourth-order valence-corrected chi connectivity index (χ4v) is 4.09. The molecule has 1 aromatic carbocycles. The van der Waals surface area contributed by atoms with Crippen molar-refractivity contribution in [3.63, 3.8) is 0 Å². The number of fused-ring (bicyclic) bond motifs is 3. The third-order valence-corrected chi connectivity index (χ3v) is 5.61. The molecular weight excluding hydrogens is 322 g/mol. The molecule has 26 heavy (non-hydrogen) atoms. The van der Waals surface area contributed by atoms with Crippen LogP contribution < -0.4 is 0 Å². The van der Waals surface area contributed by atoms with E-state index in [1.54, 1.807) is 6.20 Å². The number of nitrogens with zero attached hydrogens (tertiary/aromatic N) is 4. The molecule has 0 atom stereocenters. The predicted octanol–water partition coefficient (Wildman–Crippen LogP) is 2.79. The maximum Gasteiger partial charge on any atom is 0.0978 e. The first-order chi connectivity index (χ1) is 12.8. The van der Waals surface area contributed by atoms with E-state index < -0.39 is 0 Å². The smallest absolute Gasteiger partial charge is 0.0978 e. The SMILES string of the molecule is CN1CCN(Cc2ccc3c(c2)Cc2c(-c4cccnc4)n[nH]c2-3)CC1. The first-order valence-electron chi connectivity index (χ1n) is 9.28. The van der Waals surface area contributed by atoms with Gasteiger partial charge in [-0.1, -0.05) is 18.2 Å². The zero-order valence-electron chi connectivity index (χ0n) is 15.1. The van der Waals surface area contributed by atoms with E-state index in [0.29, 0.717) is 0 Å². The Labute approximate surface area is 153 Å². The quantitative estimate of drug-likeness (QED) is 0.620. The fourth-order valence-electron chi connectivity index (χ4n) is 4.09. The molecule has 0 amide bonds. The summed E-state index contributed by atoms with van der Waals surface area (Å²) in [6.45, 7) is 5.68. The lowest BCUT2D eigenvalue weighted by atomic mass is 10.0. The van der Waals surface area contributed by atoms with Crippen molar-refractivity contribution in [2.24, 2.45) is 0 Å². The number of aromatic nitrogens is 3. The summed E-state index contributed by atoms with van der Waals surface area (Å²) in [4.78, 5) is 9.19. The molecule has 5 nitrogen and oxygen atoms in total. The highest BCUT2D eigenvalue weighted by molar-refractivity contribution is 5.80. The third kappa shape index (κ3) is 2.73. The highest BCUT2D eigenvalue weighted by Crippen LogP contribution is 2.40. The van der Waals surface area contributed by atoms with Gasteiger partial charge in [-0.25, -0.2) is 0 Å². The monoisotopic (exact) mass is 345 g/mol. The van der Waals surface area contributed by atoms with E-state index in [-0.39, 0.29) is 0 Å². The standard InChI is InChI=1S/C21H23N5/c1-25-7-9-26(10-8-25)14-15-4-5-18-17(11-15)12-19-20(23-24-21(18)19)16-3-2-6-22-13-16/h2-6,11,13H,7-10,12,14H2,1H3,(H,23,24). The molecule has 0 unspecified atom stereocenters. The Balaban J connectivity index is 1.39. The molecule has 0 saturated carbocycles. The van der Waals surface area contributed by atoms with Gasteiger partial charge in [-0.05, 0) is 30.3 Å². The molecule has 3 heterocycles. The van der Waals surface area contributed by atoms with Crippen molar-refractivity contribution in [2.45, 2.75) is 13.0 Å². The molecule has 5 heteroatoms. The van der Waals surface area contributed by atoms with Crippen molar-refractivity contribution in [2.75, 3.05) is 33.2 Å². The van der Waals surface area contributed by atoms with E-state index in [0.717, 1.165) is 50.4 Å². The minimum atomic E-state index is 0.946. The molecule has 5 rings (SSSR count). The first-order valence-corrected chi connectivity index (χ1v) is 9.28. The maximum atomic E-state index is 4.55. The maximum absolute atomic E-state index is 4.55. The number of H-pyrrole nitrogens is 1. The van der Waals surface area contributed by atoms with Crippen LogP contribution in [-0.2, 0) is 13.0 Å². The number of benzene rings is 1. The molecule has 2 aromatic heterocycles. The number of rotatable bonds is 3. The summed E-state index contributed by atoms with van der Waals surface area (Å²) in [5, 5.41) is 7.81. The van der Waals surface area contributed by atoms with Gasteiger partial charge in [-0.2, -0.15) is 5.10 Å². The number of hydrogen-bond acceptors (Lipinski definition) is 4. The Bertz CT molecular complexity index is 923. The second kappa shape index (κ2) is 6.34. The molecular formula is C21H23N5. The summed E-state index contributed by atoms with van der Waals surface area (Å²) < 4.78 is 0. The molecule has 1 fully saturated rings. The van der Waals surface area contributed by atoms with Gasteiger partial charge in [0.2, 0.25) is 0 Å². The third-order valence-electron chi connectivity index (χ3n) is 5.61. The summed E-state index contributed by atoms with van der Waals surface area (Å²) in [5.74, 6) is 0. The van der Waals surface area contributed by atoms with Crippen molar-refractivity contribution in [3.05, 3.63) is 59.4 Å². The van der Waals surface area contributed by atoms with E-state index in [1.165, 1.54) is 27.9 Å². The molecule has 0 spiro atoms. The van der Waals surface area contributed by atoms with Crippen molar-refractivity contribution in [1.82, 2.24) is 25.0 Å². The Kier molecular flexibility index (Phi) is 3.84. The lowest BCUT2D eigenvalue weighted by Crippen LogP contribution is -2.43. The van der Waals surface area contributed by atoms with Crippen LogP contribution in [0.1, 0.15) is 16.7 Å². The van der Waals surface area contributed by atoms with Gasteiger partial charge in [-0.15, -0.1) is 0 Å². The van der Waals surface area contributed by atoms with Crippen molar-refractivity contribution in [3.8, 4) is 22.5 Å². The number of nitrogens with one attached hydrogen (secondary N) is 1. The topological polar surface area (TPSA) is 48.1 Å². The van der Waals surface area contributed by atoms with Gasteiger partial charge in [0.1, 0.15) is 0 Å². The number of hydrogen-bond donors (Lipinski definition) is 1. The van der Waals surface area contributed by atoms with E-state index in [4.69, 9.17) is 0 Å². The van der Waals surface area contributed by atoms with Crippen LogP contribution in [-0.4, -0.2) is 58.2 Å². The molecule has 1 aliphatic carbocycles. The normalized spacial score (nSPS) is 17.3. The van der Waals surface area contributed by atoms with Crippen LogP contribution in [0, 0.1) is 0 Å². The fraction of sp³-hybridized carbons (Fsp3) is 0.333. The van der Waals surface area contributed by atoms with Gasteiger partial charge >= 0.3 is 0 Å². The molecule has 132 valence electrons. The first kappa shape index (κ1) is 15.7. The molecule has 0 bridgehead atoms. The van der Waals surface area contributed by atoms with Crippen molar-refractivity contribution < 1.29 is 0 Å². The second-order valence-electron chi connectivity index (χ2n) is 7.42. The van der Waals surface area contributed by atoms with Crippen LogP contribution in [0.5, 0.6) is 0 Å². The van der Waals surface area contributed by atoms with Crippen molar-refractivity contribution in [1.29, 1.82) is 0 Å². The zero-order valence-corrected chi connectivity index (χ0v) is 15.1. The summed E-state index contributed by atoms with van der Waals surface area (Å²) in [5.41, 5.74) is 8.69. The van der Waals surface area contributed by atoms with Gasteiger partial charge in [0, 0.05) is 68.2 Å². The van der Waals surface area contributed by atoms with E-state index in [9.17, 15) is 0 Å². The highest BCUT2D eigenvalue weighted by Gasteiger charge is 2.25. The summed E-state index contributed by atoms with van der Waals surface area (Å²) in [6, 6.07) is 11.0. The summed E-state index contributed by atoms with van der Waals surface area (Å²) in [7, 11) is 2.20. The molecule has 0 radical (unpaired) electrons. The molecule has 1 aliphatic heterocycles. The van der Waals surface area contributed by atoms with Gasteiger partial charge in [-0.3, -0.25) is 15.0 Å². The number of likely N-dealkylation sites (N-methyl/N-ethyl adjacent to an activating group) is 1. The lowest BCUT2D eigenvalue weighted by molar-refractivity contribution is 0.148. The van der Waals surface area contributed by atoms with E-state index in [1.807, 2.05) is 12.3 Å². The minimum absolute atomic E-state index is 0.946. The molecule has 1 N–H and O–H groups in total. The number of piperazine rings is 1. The Morgan fingerprint density at radius 2 is 2.00 bits per heavy atom.